The lowest BCUT2D eigenvalue weighted by Crippen LogP contribution is -2.15. The molecule has 0 aliphatic heterocycles. The van der Waals surface area contributed by atoms with E-state index in [0.29, 0.717) is 5.56 Å². The summed E-state index contributed by atoms with van der Waals surface area (Å²) < 4.78 is 13.3. The smallest absolute Gasteiger partial charge is 0.165 e. The molecule has 2 rings (SSSR count). The summed E-state index contributed by atoms with van der Waals surface area (Å²) in [4.78, 5) is 0. The van der Waals surface area contributed by atoms with E-state index in [0.717, 1.165) is 11.3 Å². The lowest BCUT2D eigenvalue weighted by Gasteiger charge is -2.18. The van der Waals surface area contributed by atoms with Crippen molar-refractivity contribution in [1.82, 2.24) is 0 Å². The molecule has 0 amide bonds. The first-order chi connectivity index (χ1) is 9.10. The molecule has 0 aliphatic carbocycles. The van der Waals surface area contributed by atoms with Crippen LogP contribution in [0.5, 0.6) is 5.75 Å². The van der Waals surface area contributed by atoms with Crippen LogP contribution >= 0.6 is 0 Å². The van der Waals surface area contributed by atoms with Gasteiger partial charge in [-0.1, -0.05) is 18.2 Å². The maximum atomic E-state index is 13.3. The summed E-state index contributed by atoms with van der Waals surface area (Å²) in [5.74, 6) is -1.09. The molecule has 0 saturated carbocycles. The van der Waals surface area contributed by atoms with Gasteiger partial charge in [0.05, 0.1) is 12.6 Å². The number of benzene rings is 2. The molecule has 0 spiro atoms. The average Bonchev–Trinajstić information content (AvgIpc) is 2.39. The first-order valence-electron chi connectivity index (χ1n) is 6.02. The van der Waals surface area contributed by atoms with Crippen LogP contribution in [0.15, 0.2) is 42.5 Å². The molecule has 100 valence electrons. The fourth-order valence-electron chi connectivity index (χ4n) is 1.91. The fraction of sp³-hybridized carbons (Fsp3) is 0.200. The highest BCUT2D eigenvalue weighted by atomic mass is 19.1. The summed E-state index contributed by atoms with van der Waals surface area (Å²) in [6, 6.07) is 11.4. The third kappa shape index (κ3) is 3.23. The summed E-state index contributed by atoms with van der Waals surface area (Å²) in [6.07, 6.45) is 0. The van der Waals surface area contributed by atoms with E-state index in [4.69, 9.17) is 5.11 Å². The molecule has 0 fully saturated rings. The van der Waals surface area contributed by atoms with Crippen LogP contribution in [0.2, 0.25) is 0 Å². The van der Waals surface area contributed by atoms with E-state index in [-0.39, 0.29) is 6.61 Å². The van der Waals surface area contributed by atoms with Gasteiger partial charge in [0, 0.05) is 5.69 Å². The fourth-order valence-corrected chi connectivity index (χ4v) is 1.91. The molecule has 0 heterocycles. The van der Waals surface area contributed by atoms with Crippen molar-refractivity contribution < 1.29 is 14.6 Å². The van der Waals surface area contributed by atoms with Crippen molar-refractivity contribution in [2.45, 2.75) is 13.0 Å². The third-order valence-corrected chi connectivity index (χ3v) is 2.92. The lowest BCUT2D eigenvalue weighted by atomic mass is 10.1. The van der Waals surface area contributed by atoms with Crippen molar-refractivity contribution in [3.8, 4) is 5.75 Å². The van der Waals surface area contributed by atoms with Gasteiger partial charge < -0.3 is 15.5 Å². The second kappa shape index (κ2) is 5.71. The van der Waals surface area contributed by atoms with E-state index in [1.807, 2.05) is 31.2 Å². The highest BCUT2D eigenvalue weighted by Crippen LogP contribution is 2.24. The van der Waals surface area contributed by atoms with E-state index >= 15 is 0 Å². The molecule has 19 heavy (non-hydrogen) atoms. The zero-order valence-corrected chi connectivity index (χ0v) is 10.6. The number of aromatic hydroxyl groups is 1. The summed E-state index contributed by atoms with van der Waals surface area (Å²) in [5.41, 5.74) is 2.53. The Morgan fingerprint density at radius 2 is 2.00 bits per heavy atom. The van der Waals surface area contributed by atoms with Crippen molar-refractivity contribution >= 4 is 5.69 Å². The zero-order valence-electron chi connectivity index (χ0n) is 10.6. The minimum absolute atomic E-state index is 0.168. The molecule has 3 nitrogen and oxygen atoms in total. The summed E-state index contributed by atoms with van der Waals surface area (Å²) in [6.45, 7) is 1.80. The number of nitrogens with one attached hydrogen (secondary N) is 1. The molecule has 3 N–H and O–H groups in total. The van der Waals surface area contributed by atoms with Crippen LogP contribution in [-0.4, -0.2) is 16.8 Å². The summed E-state index contributed by atoms with van der Waals surface area (Å²) in [7, 11) is 0. The number of hydrogen-bond donors (Lipinski definition) is 3. The van der Waals surface area contributed by atoms with E-state index in [1.54, 1.807) is 6.07 Å². The van der Waals surface area contributed by atoms with Crippen LogP contribution in [0.1, 0.15) is 17.2 Å². The van der Waals surface area contributed by atoms with Gasteiger partial charge in [-0.05, 0) is 42.3 Å². The predicted octanol–water partition coefficient (Wildman–Crippen LogP) is 2.99. The van der Waals surface area contributed by atoms with Gasteiger partial charge >= 0.3 is 0 Å². The Morgan fingerprint density at radius 1 is 1.21 bits per heavy atom. The predicted molar refractivity (Wildman–Crippen MR) is 72.7 cm³/mol. The van der Waals surface area contributed by atoms with Gasteiger partial charge in [-0.25, -0.2) is 4.39 Å². The second-order valence-corrected chi connectivity index (χ2v) is 4.46. The van der Waals surface area contributed by atoms with Gasteiger partial charge in [0.2, 0.25) is 0 Å². The first kappa shape index (κ1) is 13.4. The van der Waals surface area contributed by atoms with Crippen LogP contribution in [0, 0.1) is 12.7 Å². The molecule has 1 atom stereocenters. The van der Waals surface area contributed by atoms with Gasteiger partial charge in [0.15, 0.2) is 11.6 Å². The first-order valence-corrected chi connectivity index (χ1v) is 6.02. The van der Waals surface area contributed by atoms with Crippen molar-refractivity contribution in [3.05, 3.63) is 59.4 Å². The quantitative estimate of drug-likeness (QED) is 0.793. The standard InChI is InChI=1S/C15H16FNO2/c1-10-3-2-4-12(7-10)17-14(9-18)11-5-6-15(19)13(16)8-11/h2-8,14,17-19H,9H2,1H3. The van der Waals surface area contributed by atoms with Crippen molar-refractivity contribution in [2.75, 3.05) is 11.9 Å². The van der Waals surface area contributed by atoms with E-state index in [1.165, 1.54) is 12.1 Å². The molecular formula is C15H16FNO2. The van der Waals surface area contributed by atoms with Gasteiger partial charge in [-0.15, -0.1) is 0 Å². The molecule has 0 radical (unpaired) electrons. The molecule has 2 aromatic rings. The number of aliphatic hydroxyl groups is 1. The average molecular weight is 261 g/mol. The number of halogens is 1. The summed E-state index contributed by atoms with van der Waals surface area (Å²) >= 11 is 0. The topological polar surface area (TPSA) is 52.5 Å². The number of aliphatic hydroxyl groups excluding tert-OH is 1. The minimum atomic E-state index is -0.693. The SMILES string of the molecule is Cc1cccc(NC(CO)c2ccc(O)c(F)c2)c1. The minimum Gasteiger partial charge on any atom is -0.505 e. The Kier molecular flexibility index (Phi) is 4.02. The maximum Gasteiger partial charge on any atom is 0.165 e. The molecule has 0 aliphatic rings. The van der Waals surface area contributed by atoms with Crippen molar-refractivity contribution in [1.29, 1.82) is 0 Å². The molecule has 2 aromatic carbocycles. The number of aryl methyl sites for hydroxylation is 1. The van der Waals surface area contributed by atoms with E-state index in [2.05, 4.69) is 5.32 Å². The Balaban J connectivity index is 2.22. The molecule has 1 unspecified atom stereocenters. The van der Waals surface area contributed by atoms with Gasteiger partial charge in [0.1, 0.15) is 0 Å². The van der Waals surface area contributed by atoms with Crippen LogP contribution in [-0.2, 0) is 0 Å². The summed E-state index contributed by atoms with van der Waals surface area (Å²) in [5, 5.41) is 21.7. The largest absolute Gasteiger partial charge is 0.505 e. The number of phenols is 1. The Hall–Kier alpha value is -2.07. The highest BCUT2D eigenvalue weighted by Gasteiger charge is 2.12. The van der Waals surface area contributed by atoms with Crippen LogP contribution in [0.3, 0.4) is 0 Å². The van der Waals surface area contributed by atoms with Crippen LogP contribution < -0.4 is 5.32 Å². The van der Waals surface area contributed by atoms with Crippen LogP contribution in [0.4, 0.5) is 10.1 Å². The Morgan fingerprint density at radius 3 is 2.63 bits per heavy atom. The highest BCUT2D eigenvalue weighted by molar-refractivity contribution is 5.48. The van der Waals surface area contributed by atoms with Crippen molar-refractivity contribution in [3.63, 3.8) is 0 Å². The zero-order chi connectivity index (χ0) is 13.8. The lowest BCUT2D eigenvalue weighted by molar-refractivity contribution is 0.276. The molecule has 0 saturated heterocycles. The number of rotatable bonds is 4. The monoisotopic (exact) mass is 261 g/mol. The van der Waals surface area contributed by atoms with Crippen LogP contribution in [0.25, 0.3) is 0 Å². The molecule has 4 heteroatoms. The van der Waals surface area contributed by atoms with Gasteiger partial charge in [-0.2, -0.15) is 0 Å². The maximum absolute atomic E-state index is 13.3. The van der Waals surface area contributed by atoms with E-state index in [9.17, 15) is 9.50 Å². The normalized spacial score (nSPS) is 12.2. The van der Waals surface area contributed by atoms with E-state index < -0.39 is 17.6 Å². The number of phenolic OH excluding ortho intramolecular Hbond substituents is 1. The van der Waals surface area contributed by atoms with Crippen molar-refractivity contribution in [2.24, 2.45) is 0 Å². The van der Waals surface area contributed by atoms with Gasteiger partial charge in [-0.3, -0.25) is 0 Å². The number of hydrogen-bond acceptors (Lipinski definition) is 3. The molecule has 0 aromatic heterocycles. The third-order valence-electron chi connectivity index (χ3n) is 2.92. The molecule has 0 bridgehead atoms. The Bertz CT molecular complexity index is 572. The second-order valence-electron chi connectivity index (χ2n) is 4.46. The molecular weight excluding hydrogens is 245 g/mol. The Labute approximate surface area is 111 Å². The van der Waals surface area contributed by atoms with Gasteiger partial charge in [0.25, 0.3) is 0 Å². The number of anilines is 1.